The van der Waals surface area contributed by atoms with Gasteiger partial charge in [-0.3, -0.25) is 4.79 Å². The maximum atomic E-state index is 12.7. The van der Waals surface area contributed by atoms with E-state index in [9.17, 15) is 9.90 Å². The second-order valence-electron chi connectivity index (χ2n) is 8.28. The van der Waals surface area contributed by atoms with Crippen molar-refractivity contribution in [3.63, 3.8) is 0 Å². The van der Waals surface area contributed by atoms with E-state index in [-0.39, 0.29) is 5.91 Å². The molecule has 2 fully saturated rings. The number of carbonyl (C=O) groups excluding carboxylic acids is 1. The van der Waals surface area contributed by atoms with Crippen LogP contribution in [0.25, 0.3) is 10.9 Å². The highest BCUT2D eigenvalue weighted by Crippen LogP contribution is 2.37. The van der Waals surface area contributed by atoms with Crippen LogP contribution >= 0.6 is 27.5 Å². The third-order valence-electron chi connectivity index (χ3n) is 5.83. The third kappa shape index (κ3) is 4.40. The lowest BCUT2D eigenvalue weighted by Crippen LogP contribution is -2.52. The first-order valence-corrected chi connectivity index (χ1v) is 11.2. The first-order chi connectivity index (χ1) is 13.4. The van der Waals surface area contributed by atoms with Crippen molar-refractivity contribution >= 4 is 50.0 Å². The number of rotatable bonds is 5. The molecule has 0 bridgehead atoms. The molecule has 2 aromatic rings. The van der Waals surface area contributed by atoms with Crippen molar-refractivity contribution in [1.82, 2.24) is 4.57 Å². The molecule has 2 aliphatic rings. The predicted molar refractivity (Wildman–Crippen MR) is 115 cm³/mol. The van der Waals surface area contributed by atoms with E-state index in [0.717, 1.165) is 33.9 Å². The van der Waals surface area contributed by atoms with E-state index in [1.54, 1.807) is 0 Å². The second-order valence-corrected chi connectivity index (χ2v) is 9.57. The lowest BCUT2D eigenvalue weighted by atomic mass is 9.96. The average Bonchev–Trinajstić information content (AvgIpc) is 2.78. The number of fused-ring (bicyclic) bond motifs is 1. The Morgan fingerprint density at radius 3 is 2.64 bits per heavy atom. The third-order valence-corrected chi connectivity index (χ3v) is 6.67. The zero-order valence-corrected chi connectivity index (χ0v) is 18.2. The minimum atomic E-state index is -0.873. The Balaban J connectivity index is 1.58. The Morgan fingerprint density at radius 1 is 1.29 bits per heavy atom. The number of nitrogens with one attached hydrogen (secondary N) is 1. The molecular weight excluding hydrogens is 444 g/mol. The molecule has 7 heteroatoms. The highest BCUT2D eigenvalue weighted by atomic mass is 79.9. The first-order valence-electron chi connectivity index (χ1n) is 10.0. The smallest absolute Gasteiger partial charge is 0.224 e. The number of amides is 1. The molecule has 1 aliphatic carbocycles. The number of ether oxygens (including phenoxy) is 1. The average molecular weight is 470 g/mol. The van der Waals surface area contributed by atoms with Crippen LogP contribution in [-0.4, -0.2) is 34.4 Å². The molecule has 0 atom stereocenters. The van der Waals surface area contributed by atoms with E-state index in [0.29, 0.717) is 37.1 Å². The number of halogens is 2. The van der Waals surface area contributed by atoms with Crippen LogP contribution in [0.5, 0.6) is 0 Å². The van der Waals surface area contributed by atoms with Crippen molar-refractivity contribution < 1.29 is 14.6 Å². The van der Waals surface area contributed by atoms with Crippen LogP contribution in [0.3, 0.4) is 0 Å². The molecule has 1 aromatic heterocycles. The van der Waals surface area contributed by atoms with Gasteiger partial charge in [0.15, 0.2) is 0 Å². The summed E-state index contributed by atoms with van der Waals surface area (Å²) in [4.78, 5) is 12.7. The van der Waals surface area contributed by atoms with Crippen molar-refractivity contribution in [2.75, 3.05) is 18.5 Å². The number of nitrogens with zero attached hydrogens (tertiary/aromatic N) is 1. The molecule has 152 valence electrons. The van der Waals surface area contributed by atoms with Crippen LogP contribution in [0, 0.1) is 5.92 Å². The molecule has 1 saturated carbocycles. The van der Waals surface area contributed by atoms with Gasteiger partial charge in [0.25, 0.3) is 0 Å². The lowest BCUT2D eigenvalue weighted by molar-refractivity contribution is -0.184. The monoisotopic (exact) mass is 468 g/mol. The molecule has 1 aromatic carbocycles. The Hall–Kier alpha value is -1.08. The van der Waals surface area contributed by atoms with E-state index < -0.39 is 5.60 Å². The molecular formula is C21H26BrClN2O3. The van der Waals surface area contributed by atoms with Gasteiger partial charge in [-0.15, -0.1) is 0 Å². The Bertz CT molecular complexity index is 870. The predicted octanol–water partition coefficient (Wildman–Crippen LogP) is 5.12. The highest BCUT2D eigenvalue weighted by molar-refractivity contribution is 9.10. The van der Waals surface area contributed by atoms with Gasteiger partial charge in [0.2, 0.25) is 5.91 Å². The molecule has 4 rings (SSSR count). The summed E-state index contributed by atoms with van der Waals surface area (Å²) >= 11 is 9.84. The maximum absolute atomic E-state index is 12.7. The molecule has 2 N–H and O–H groups in total. The molecule has 0 spiro atoms. The van der Waals surface area contributed by atoms with Crippen LogP contribution < -0.4 is 5.32 Å². The van der Waals surface area contributed by atoms with E-state index >= 15 is 0 Å². The SMILES string of the molecule is O=C(CC1CCCCCC1)Nc1cn(CC2(O)COC2)c2cc(Cl)cc(Br)c12. The summed E-state index contributed by atoms with van der Waals surface area (Å²) in [6.07, 6.45) is 9.76. The summed E-state index contributed by atoms with van der Waals surface area (Å²) in [6, 6.07) is 3.70. The van der Waals surface area contributed by atoms with E-state index in [2.05, 4.69) is 21.2 Å². The zero-order chi connectivity index (χ0) is 19.7. The summed E-state index contributed by atoms with van der Waals surface area (Å²) in [7, 11) is 0. The fourth-order valence-electron chi connectivity index (χ4n) is 4.35. The molecule has 1 amide bonds. The molecule has 1 saturated heterocycles. The van der Waals surface area contributed by atoms with Gasteiger partial charge in [-0.05, 0) is 46.8 Å². The summed E-state index contributed by atoms with van der Waals surface area (Å²) < 4.78 is 7.95. The molecule has 5 nitrogen and oxygen atoms in total. The van der Waals surface area contributed by atoms with Gasteiger partial charge in [0, 0.05) is 27.5 Å². The fourth-order valence-corrected chi connectivity index (χ4v) is 5.35. The van der Waals surface area contributed by atoms with Gasteiger partial charge in [-0.1, -0.05) is 37.3 Å². The number of carbonyl (C=O) groups is 1. The standard InChI is InChI=1S/C21H26BrClN2O3/c22-16-8-15(23)9-18-20(16)17(10-25(18)11-21(27)12-28-13-21)24-19(26)7-14-5-3-1-2-4-6-14/h8-10,14,27H,1-7,11-13H2,(H,24,26). The maximum Gasteiger partial charge on any atom is 0.224 e. The lowest BCUT2D eigenvalue weighted by Gasteiger charge is -2.36. The largest absolute Gasteiger partial charge is 0.383 e. The number of aliphatic hydroxyl groups is 1. The number of hydrogen-bond acceptors (Lipinski definition) is 3. The molecule has 0 radical (unpaired) electrons. The number of anilines is 1. The molecule has 1 aliphatic heterocycles. The molecule has 0 unspecified atom stereocenters. The van der Waals surface area contributed by atoms with Gasteiger partial charge >= 0.3 is 0 Å². The summed E-state index contributed by atoms with van der Waals surface area (Å²) in [6.45, 7) is 1.03. The summed E-state index contributed by atoms with van der Waals surface area (Å²) in [5, 5.41) is 15.1. The van der Waals surface area contributed by atoms with Crippen LogP contribution in [-0.2, 0) is 16.1 Å². The summed E-state index contributed by atoms with van der Waals surface area (Å²) in [5.41, 5.74) is 0.757. The highest BCUT2D eigenvalue weighted by Gasteiger charge is 2.37. The van der Waals surface area contributed by atoms with Crippen LogP contribution in [0.15, 0.2) is 22.8 Å². The van der Waals surface area contributed by atoms with Gasteiger partial charge < -0.3 is 19.7 Å². The Kier molecular flexibility index (Phi) is 6.02. The Morgan fingerprint density at radius 2 is 2.00 bits per heavy atom. The van der Waals surface area contributed by atoms with Crippen LogP contribution in [0.4, 0.5) is 5.69 Å². The normalized spacial score (nSPS) is 20.0. The first kappa shape index (κ1) is 20.2. The van der Waals surface area contributed by atoms with Gasteiger partial charge in [0.1, 0.15) is 5.60 Å². The second kappa shape index (κ2) is 8.34. The topological polar surface area (TPSA) is 63.5 Å². The quantitative estimate of drug-likeness (QED) is 0.598. The Labute approximate surface area is 178 Å². The number of benzene rings is 1. The van der Waals surface area contributed by atoms with Crippen LogP contribution in [0.2, 0.25) is 5.02 Å². The van der Waals surface area contributed by atoms with Gasteiger partial charge in [-0.2, -0.15) is 0 Å². The van der Waals surface area contributed by atoms with Crippen molar-refractivity contribution in [2.24, 2.45) is 5.92 Å². The minimum Gasteiger partial charge on any atom is -0.383 e. The van der Waals surface area contributed by atoms with E-state index in [1.165, 1.54) is 25.7 Å². The van der Waals surface area contributed by atoms with Crippen LogP contribution in [0.1, 0.15) is 44.9 Å². The number of hydrogen-bond donors (Lipinski definition) is 2. The molecule has 28 heavy (non-hydrogen) atoms. The fraction of sp³-hybridized carbons (Fsp3) is 0.571. The van der Waals surface area contributed by atoms with E-state index in [1.807, 2.05) is 22.9 Å². The van der Waals surface area contributed by atoms with Crippen molar-refractivity contribution in [1.29, 1.82) is 0 Å². The van der Waals surface area contributed by atoms with Crippen molar-refractivity contribution in [2.45, 2.75) is 57.1 Å². The van der Waals surface area contributed by atoms with Gasteiger partial charge in [-0.25, -0.2) is 0 Å². The molecule has 2 heterocycles. The van der Waals surface area contributed by atoms with Crippen molar-refractivity contribution in [3.05, 3.63) is 27.8 Å². The minimum absolute atomic E-state index is 0.0542. The van der Waals surface area contributed by atoms with Crippen molar-refractivity contribution in [3.8, 4) is 0 Å². The number of aromatic nitrogens is 1. The van der Waals surface area contributed by atoms with E-state index in [4.69, 9.17) is 16.3 Å². The zero-order valence-electron chi connectivity index (χ0n) is 15.8. The summed E-state index contributed by atoms with van der Waals surface area (Å²) in [5.74, 6) is 0.528. The van der Waals surface area contributed by atoms with Gasteiger partial charge in [0.05, 0.1) is 31.0 Å².